The first-order valence-electron chi connectivity index (χ1n) is 8.54. The summed E-state index contributed by atoms with van der Waals surface area (Å²) in [5.41, 5.74) is 0.899. The van der Waals surface area contributed by atoms with Crippen molar-refractivity contribution in [2.24, 2.45) is 0 Å². The zero-order chi connectivity index (χ0) is 20.4. The summed E-state index contributed by atoms with van der Waals surface area (Å²) in [6.07, 6.45) is -0.0647. The Morgan fingerprint density at radius 2 is 1.71 bits per heavy atom. The van der Waals surface area contributed by atoms with E-state index in [0.29, 0.717) is 17.2 Å². The SMILES string of the molecule is COc1ccc(OC)c(C(=O)COC(=O)CCNC(=O)Nc2ccccc2)c1. The van der Waals surface area contributed by atoms with Crippen molar-refractivity contribution in [3.05, 3.63) is 54.1 Å². The van der Waals surface area contributed by atoms with Crippen LogP contribution in [-0.4, -0.2) is 45.2 Å². The van der Waals surface area contributed by atoms with Crippen molar-refractivity contribution in [1.82, 2.24) is 5.32 Å². The van der Waals surface area contributed by atoms with E-state index < -0.39 is 24.4 Å². The van der Waals surface area contributed by atoms with Gasteiger partial charge in [-0.25, -0.2) is 4.79 Å². The molecule has 0 aromatic heterocycles. The molecule has 0 saturated heterocycles. The van der Waals surface area contributed by atoms with Crippen LogP contribution < -0.4 is 20.1 Å². The Hall–Kier alpha value is -3.55. The number of carbonyl (C=O) groups excluding carboxylic acids is 3. The maximum Gasteiger partial charge on any atom is 0.319 e. The van der Waals surface area contributed by atoms with Crippen molar-refractivity contribution >= 4 is 23.5 Å². The highest BCUT2D eigenvalue weighted by Crippen LogP contribution is 2.24. The van der Waals surface area contributed by atoms with Gasteiger partial charge in [-0.1, -0.05) is 18.2 Å². The third-order valence-corrected chi connectivity index (χ3v) is 3.72. The molecule has 0 aliphatic rings. The molecule has 2 aromatic carbocycles. The van der Waals surface area contributed by atoms with Crippen LogP contribution in [0.3, 0.4) is 0 Å². The number of hydrogen-bond donors (Lipinski definition) is 2. The van der Waals surface area contributed by atoms with Crippen LogP contribution in [0.25, 0.3) is 0 Å². The Morgan fingerprint density at radius 1 is 0.964 bits per heavy atom. The average Bonchev–Trinajstić information content (AvgIpc) is 2.72. The topological polar surface area (TPSA) is 103 Å². The van der Waals surface area contributed by atoms with Gasteiger partial charge in [-0.05, 0) is 30.3 Å². The van der Waals surface area contributed by atoms with Crippen molar-refractivity contribution in [3.63, 3.8) is 0 Å². The van der Waals surface area contributed by atoms with Gasteiger partial charge in [0.2, 0.25) is 5.78 Å². The first-order chi connectivity index (χ1) is 13.5. The Labute approximate surface area is 162 Å². The van der Waals surface area contributed by atoms with E-state index in [9.17, 15) is 14.4 Å². The lowest BCUT2D eigenvalue weighted by molar-refractivity contribution is -0.142. The van der Waals surface area contributed by atoms with Gasteiger partial charge in [0.15, 0.2) is 6.61 Å². The molecule has 0 atom stereocenters. The van der Waals surface area contributed by atoms with Gasteiger partial charge >= 0.3 is 12.0 Å². The van der Waals surface area contributed by atoms with Crippen molar-refractivity contribution in [2.45, 2.75) is 6.42 Å². The fourth-order valence-corrected chi connectivity index (χ4v) is 2.30. The molecule has 0 heterocycles. The second-order valence-electron chi connectivity index (χ2n) is 5.65. The number of methoxy groups -OCH3 is 2. The number of anilines is 1. The second kappa shape index (κ2) is 10.6. The molecule has 0 fully saturated rings. The molecule has 0 bridgehead atoms. The highest BCUT2D eigenvalue weighted by atomic mass is 16.5. The van der Waals surface area contributed by atoms with Gasteiger partial charge in [-0.2, -0.15) is 0 Å². The van der Waals surface area contributed by atoms with Crippen LogP contribution >= 0.6 is 0 Å². The number of hydrogen-bond acceptors (Lipinski definition) is 6. The van der Waals surface area contributed by atoms with Crippen molar-refractivity contribution < 1.29 is 28.6 Å². The Balaban J connectivity index is 1.75. The maximum atomic E-state index is 12.3. The van der Waals surface area contributed by atoms with E-state index in [-0.39, 0.29) is 18.5 Å². The summed E-state index contributed by atoms with van der Waals surface area (Å²) in [4.78, 5) is 35.8. The van der Waals surface area contributed by atoms with E-state index in [2.05, 4.69) is 10.6 Å². The van der Waals surface area contributed by atoms with Gasteiger partial charge in [0, 0.05) is 12.2 Å². The highest BCUT2D eigenvalue weighted by Gasteiger charge is 2.16. The van der Waals surface area contributed by atoms with Gasteiger partial charge < -0.3 is 24.8 Å². The fourth-order valence-electron chi connectivity index (χ4n) is 2.30. The summed E-state index contributed by atoms with van der Waals surface area (Å²) in [6, 6.07) is 13.3. The molecule has 0 radical (unpaired) electrons. The molecule has 8 heteroatoms. The Kier molecular flexibility index (Phi) is 7.83. The monoisotopic (exact) mass is 386 g/mol. The first kappa shape index (κ1) is 20.8. The van der Waals surface area contributed by atoms with Crippen molar-refractivity contribution in [2.75, 3.05) is 32.7 Å². The average molecular weight is 386 g/mol. The quantitative estimate of drug-likeness (QED) is 0.507. The first-order valence-corrected chi connectivity index (χ1v) is 8.54. The molecule has 2 rings (SSSR count). The van der Waals surface area contributed by atoms with Crippen LogP contribution in [0.5, 0.6) is 11.5 Å². The summed E-state index contributed by atoms with van der Waals surface area (Å²) in [5, 5.41) is 5.17. The number of urea groups is 1. The molecular formula is C20H22N2O6. The standard InChI is InChI=1S/C20H22N2O6/c1-26-15-8-9-18(27-2)16(12-15)17(23)13-28-19(24)10-11-21-20(25)22-14-6-4-3-5-7-14/h3-9,12H,10-11,13H2,1-2H3,(H2,21,22,25). The van der Waals surface area contributed by atoms with Gasteiger partial charge in [-0.15, -0.1) is 0 Å². The summed E-state index contributed by atoms with van der Waals surface area (Å²) in [6.45, 7) is -0.354. The van der Waals surface area contributed by atoms with Gasteiger partial charge in [0.25, 0.3) is 0 Å². The maximum absolute atomic E-state index is 12.3. The van der Waals surface area contributed by atoms with Gasteiger partial charge in [0.1, 0.15) is 11.5 Å². The third-order valence-electron chi connectivity index (χ3n) is 3.72. The van der Waals surface area contributed by atoms with Gasteiger partial charge in [0.05, 0.1) is 26.2 Å². The Morgan fingerprint density at radius 3 is 2.39 bits per heavy atom. The lowest BCUT2D eigenvalue weighted by Crippen LogP contribution is -2.31. The predicted molar refractivity (Wildman–Crippen MR) is 103 cm³/mol. The van der Waals surface area contributed by atoms with E-state index in [1.807, 2.05) is 6.07 Å². The summed E-state index contributed by atoms with van der Waals surface area (Å²) >= 11 is 0. The number of nitrogens with one attached hydrogen (secondary N) is 2. The highest BCUT2D eigenvalue weighted by molar-refractivity contribution is 6.00. The van der Waals surface area contributed by atoms with Crippen LogP contribution in [0, 0.1) is 0 Å². The number of para-hydroxylation sites is 1. The van der Waals surface area contributed by atoms with Gasteiger partial charge in [-0.3, -0.25) is 9.59 Å². The minimum Gasteiger partial charge on any atom is -0.497 e. The van der Waals surface area contributed by atoms with Crippen molar-refractivity contribution in [1.29, 1.82) is 0 Å². The van der Waals surface area contributed by atoms with E-state index in [4.69, 9.17) is 14.2 Å². The Bertz CT molecular complexity index is 823. The molecular weight excluding hydrogens is 364 g/mol. The molecule has 28 heavy (non-hydrogen) atoms. The lowest BCUT2D eigenvalue weighted by atomic mass is 10.1. The minimum atomic E-state index is -0.602. The number of rotatable bonds is 9. The zero-order valence-electron chi connectivity index (χ0n) is 15.7. The number of ketones is 1. The summed E-state index contributed by atoms with van der Waals surface area (Å²) in [7, 11) is 2.92. The second-order valence-corrected chi connectivity index (χ2v) is 5.65. The number of ether oxygens (including phenoxy) is 3. The lowest BCUT2D eigenvalue weighted by Gasteiger charge is -2.10. The molecule has 0 saturated carbocycles. The molecule has 0 unspecified atom stereocenters. The largest absolute Gasteiger partial charge is 0.497 e. The molecule has 0 aliphatic carbocycles. The minimum absolute atomic E-state index is 0.0647. The van der Waals surface area contributed by atoms with E-state index in [1.54, 1.807) is 36.4 Å². The molecule has 2 N–H and O–H groups in total. The fraction of sp³-hybridized carbons (Fsp3) is 0.250. The van der Waals surface area contributed by atoms with Crippen LogP contribution in [0.1, 0.15) is 16.8 Å². The van der Waals surface area contributed by atoms with Crippen molar-refractivity contribution in [3.8, 4) is 11.5 Å². The molecule has 148 valence electrons. The smallest absolute Gasteiger partial charge is 0.319 e. The number of benzene rings is 2. The van der Waals surface area contributed by atoms with E-state index in [0.717, 1.165) is 0 Å². The molecule has 0 aliphatic heterocycles. The third kappa shape index (κ3) is 6.31. The van der Waals surface area contributed by atoms with Crippen LogP contribution in [-0.2, 0) is 9.53 Å². The van der Waals surface area contributed by atoms with Crippen LogP contribution in [0.2, 0.25) is 0 Å². The number of carbonyl (C=O) groups is 3. The summed E-state index contributed by atoms with van der Waals surface area (Å²) < 4.78 is 15.2. The number of amides is 2. The number of esters is 1. The molecule has 8 nitrogen and oxygen atoms in total. The molecule has 2 aromatic rings. The van der Waals surface area contributed by atoms with Crippen LogP contribution in [0.15, 0.2) is 48.5 Å². The van der Waals surface area contributed by atoms with E-state index >= 15 is 0 Å². The van der Waals surface area contributed by atoms with Crippen LogP contribution in [0.4, 0.5) is 10.5 Å². The normalized spacial score (nSPS) is 9.93. The molecule has 2 amide bonds. The number of Topliss-reactive ketones (excluding diaryl/α,β-unsaturated/α-hetero) is 1. The predicted octanol–water partition coefficient (Wildman–Crippen LogP) is 2.64. The van der Waals surface area contributed by atoms with E-state index in [1.165, 1.54) is 20.3 Å². The summed E-state index contributed by atoms with van der Waals surface area (Å²) in [5.74, 6) is -0.167. The molecule has 0 spiro atoms. The zero-order valence-corrected chi connectivity index (χ0v) is 15.7.